The van der Waals surface area contributed by atoms with Gasteiger partial charge in [0.1, 0.15) is 6.04 Å². The minimum atomic E-state index is -0.967. The summed E-state index contributed by atoms with van der Waals surface area (Å²) in [6, 6.07) is -0.795. The first-order valence-electron chi connectivity index (χ1n) is 16.8. The maximum atomic E-state index is 12.5. The molecular weight excluding hydrogens is 520 g/mol. The minimum Gasteiger partial charge on any atom is -0.481 e. The highest BCUT2D eigenvalue weighted by atomic mass is 16.4. The number of carboxylic acid groups (broad SMARTS) is 2. The van der Waals surface area contributed by atoms with Crippen molar-refractivity contribution in [3.05, 3.63) is 0 Å². The standard InChI is InChI=1S/C33H60N2O6/c1-2-19-29(33(40)41)35-32(39)28-24-22-27(23-25-28)26-34-30(36)20-17-15-13-11-9-7-5-3-4-6-8-10-12-14-16-18-21-31(37)38/h27-29H,2-26H2,1H3,(H,34,36)(H,35,39)(H,37,38)(H,40,41)/t27-,28-,29?. The molecule has 0 heterocycles. The number of amides is 2. The summed E-state index contributed by atoms with van der Waals surface area (Å²) >= 11 is 0. The van der Waals surface area contributed by atoms with Crippen LogP contribution in [0.25, 0.3) is 0 Å². The lowest BCUT2D eigenvalue weighted by Gasteiger charge is -2.28. The zero-order chi connectivity index (χ0) is 30.1. The van der Waals surface area contributed by atoms with Gasteiger partial charge in [0.2, 0.25) is 11.8 Å². The molecule has 1 unspecified atom stereocenters. The van der Waals surface area contributed by atoms with Crippen molar-refractivity contribution in [3.63, 3.8) is 0 Å². The topological polar surface area (TPSA) is 133 Å². The van der Waals surface area contributed by atoms with E-state index in [1.54, 1.807) is 0 Å². The first-order valence-corrected chi connectivity index (χ1v) is 16.8. The van der Waals surface area contributed by atoms with Crippen molar-refractivity contribution in [1.29, 1.82) is 0 Å². The van der Waals surface area contributed by atoms with Gasteiger partial charge >= 0.3 is 11.9 Å². The van der Waals surface area contributed by atoms with Gasteiger partial charge in [-0.05, 0) is 50.9 Å². The van der Waals surface area contributed by atoms with Crippen LogP contribution < -0.4 is 10.6 Å². The van der Waals surface area contributed by atoms with E-state index in [1.165, 1.54) is 77.0 Å². The molecule has 0 aromatic rings. The summed E-state index contributed by atoms with van der Waals surface area (Å²) in [6.45, 7) is 2.59. The molecule has 1 fully saturated rings. The van der Waals surface area contributed by atoms with Gasteiger partial charge in [-0.1, -0.05) is 103 Å². The number of hydrogen-bond acceptors (Lipinski definition) is 4. The second-order valence-corrected chi connectivity index (χ2v) is 12.3. The maximum absolute atomic E-state index is 12.5. The SMILES string of the molecule is CCCC(NC(=O)[C@H]1CC[C@H](CNC(=O)CCCCCCCCCCCCCCCCCCC(=O)O)CC1)C(=O)O. The monoisotopic (exact) mass is 580 g/mol. The number of unbranched alkanes of at least 4 members (excludes halogenated alkanes) is 15. The number of carboxylic acids is 2. The molecule has 2 amide bonds. The molecule has 0 spiro atoms. The Hall–Kier alpha value is -2.12. The molecule has 0 radical (unpaired) electrons. The number of rotatable bonds is 26. The van der Waals surface area contributed by atoms with Gasteiger partial charge in [0.25, 0.3) is 0 Å². The van der Waals surface area contributed by atoms with E-state index in [2.05, 4.69) is 10.6 Å². The van der Waals surface area contributed by atoms with Crippen LogP contribution in [0.2, 0.25) is 0 Å². The summed E-state index contributed by atoms with van der Waals surface area (Å²) in [7, 11) is 0. The average molecular weight is 581 g/mol. The Morgan fingerprint density at radius 3 is 1.51 bits per heavy atom. The summed E-state index contributed by atoms with van der Waals surface area (Å²) in [6.07, 6.45) is 24.6. The molecule has 1 aliphatic carbocycles. The first-order chi connectivity index (χ1) is 19.8. The molecule has 41 heavy (non-hydrogen) atoms. The zero-order valence-electron chi connectivity index (χ0n) is 25.9. The summed E-state index contributed by atoms with van der Waals surface area (Å²) < 4.78 is 0. The third-order valence-electron chi connectivity index (χ3n) is 8.54. The third kappa shape index (κ3) is 20.4. The van der Waals surface area contributed by atoms with Crippen LogP contribution in [0.5, 0.6) is 0 Å². The van der Waals surface area contributed by atoms with E-state index >= 15 is 0 Å². The maximum Gasteiger partial charge on any atom is 0.326 e. The minimum absolute atomic E-state index is 0.120. The fraction of sp³-hybridized carbons (Fsp3) is 0.879. The van der Waals surface area contributed by atoms with E-state index in [1.807, 2.05) is 6.92 Å². The van der Waals surface area contributed by atoms with Gasteiger partial charge in [0, 0.05) is 25.3 Å². The molecule has 0 bridgehead atoms. The number of carbonyl (C=O) groups is 4. The van der Waals surface area contributed by atoms with Crippen molar-refractivity contribution in [2.24, 2.45) is 11.8 Å². The molecule has 1 aliphatic rings. The van der Waals surface area contributed by atoms with Crippen molar-refractivity contribution in [2.75, 3.05) is 6.54 Å². The lowest BCUT2D eigenvalue weighted by molar-refractivity contribution is -0.143. The van der Waals surface area contributed by atoms with Crippen LogP contribution in [-0.2, 0) is 19.2 Å². The highest BCUT2D eigenvalue weighted by molar-refractivity contribution is 5.85. The third-order valence-corrected chi connectivity index (χ3v) is 8.54. The molecule has 0 aliphatic heterocycles. The molecule has 238 valence electrons. The van der Waals surface area contributed by atoms with Crippen LogP contribution in [-0.4, -0.2) is 46.6 Å². The Balaban J connectivity index is 1.89. The highest BCUT2D eigenvalue weighted by Crippen LogP contribution is 2.28. The van der Waals surface area contributed by atoms with Gasteiger partial charge in [-0.3, -0.25) is 14.4 Å². The summed E-state index contributed by atoms with van der Waals surface area (Å²) in [5.74, 6) is -1.38. The van der Waals surface area contributed by atoms with E-state index in [4.69, 9.17) is 5.11 Å². The number of carbonyl (C=O) groups excluding carboxylic acids is 2. The largest absolute Gasteiger partial charge is 0.481 e. The van der Waals surface area contributed by atoms with Crippen molar-refractivity contribution in [1.82, 2.24) is 10.6 Å². The molecule has 8 nitrogen and oxygen atoms in total. The number of hydrogen-bond donors (Lipinski definition) is 4. The van der Waals surface area contributed by atoms with Gasteiger partial charge in [-0.2, -0.15) is 0 Å². The van der Waals surface area contributed by atoms with Crippen molar-refractivity contribution in [2.45, 2.75) is 167 Å². The van der Waals surface area contributed by atoms with Crippen LogP contribution in [0.3, 0.4) is 0 Å². The summed E-state index contributed by atoms with van der Waals surface area (Å²) in [5.41, 5.74) is 0. The van der Waals surface area contributed by atoms with Crippen molar-refractivity contribution in [3.8, 4) is 0 Å². The average Bonchev–Trinajstić information content (AvgIpc) is 2.95. The molecule has 1 atom stereocenters. The van der Waals surface area contributed by atoms with E-state index < -0.39 is 18.0 Å². The van der Waals surface area contributed by atoms with Crippen molar-refractivity contribution >= 4 is 23.8 Å². The fourth-order valence-electron chi connectivity index (χ4n) is 5.85. The molecule has 0 saturated heterocycles. The summed E-state index contributed by atoms with van der Waals surface area (Å²) in [4.78, 5) is 46.5. The molecule has 1 rings (SSSR count). The number of aliphatic carboxylic acids is 2. The fourth-order valence-corrected chi connectivity index (χ4v) is 5.85. The van der Waals surface area contributed by atoms with E-state index in [0.717, 1.165) is 51.4 Å². The second-order valence-electron chi connectivity index (χ2n) is 12.3. The van der Waals surface area contributed by atoms with Gasteiger partial charge in [0.15, 0.2) is 0 Å². The molecule has 1 saturated carbocycles. The normalized spacial score (nSPS) is 17.6. The Bertz CT molecular complexity index is 721. The molecule has 0 aromatic carbocycles. The van der Waals surface area contributed by atoms with Gasteiger partial charge in [-0.25, -0.2) is 4.79 Å². The smallest absolute Gasteiger partial charge is 0.326 e. The van der Waals surface area contributed by atoms with Gasteiger partial charge in [0.05, 0.1) is 0 Å². The first kappa shape index (κ1) is 36.9. The van der Waals surface area contributed by atoms with Crippen molar-refractivity contribution < 1.29 is 29.4 Å². The Labute approximate surface area is 249 Å². The Kier molecular flexibility index (Phi) is 22.0. The van der Waals surface area contributed by atoms with Crippen LogP contribution >= 0.6 is 0 Å². The van der Waals surface area contributed by atoms with Crippen LogP contribution in [0.1, 0.15) is 161 Å². The van der Waals surface area contributed by atoms with Gasteiger partial charge < -0.3 is 20.8 Å². The van der Waals surface area contributed by atoms with Crippen LogP contribution in [0.4, 0.5) is 0 Å². The quantitative estimate of drug-likeness (QED) is 0.0789. The molecule has 8 heteroatoms. The molecule has 0 aromatic heterocycles. The van der Waals surface area contributed by atoms with E-state index in [-0.39, 0.29) is 17.7 Å². The molecule has 4 N–H and O–H groups in total. The summed E-state index contributed by atoms with van der Waals surface area (Å²) in [5, 5.41) is 23.7. The lowest BCUT2D eigenvalue weighted by atomic mass is 9.81. The predicted octanol–water partition coefficient (Wildman–Crippen LogP) is 7.38. The predicted molar refractivity (Wildman–Crippen MR) is 164 cm³/mol. The van der Waals surface area contributed by atoms with Crippen LogP contribution in [0, 0.1) is 11.8 Å². The van der Waals surface area contributed by atoms with E-state index in [0.29, 0.717) is 38.1 Å². The zero-order valence-corrected chi connectivity index (χ0v) is 25.9. The van der Waals surface area contributed by atoms with E-state index in [9.17, 15) is 24.3 Å². The Morgan fingerprint density at radius 1 is 0.659 bits per heavy atom. The highest BCUT2D eigenvalue weighted by Gasteiger charge is 2.29. The van der Waals surface area contributed by atoms with Crippen LogP contribution in [0.15, 0.2) is 0 Å². The second kappa shape index (κ2) is 24.5. The lowest BCUT2D eigenvalue weighted by Crippen LogP contribution is -2.44. The number of nitrogens with one attached hydrogen (secondary N) is 2. The molecular formula is C33H60N2O6. The Morgan fingerprint density at radius 2 is 1.10 bits per heavy atom. The van der Waals surface area contributed by atoms with Gasteiger partial charge in [-0.15, -0.1) is 0 Å².